The number of carbonyl (C=O) groups excluding carboxylic acids is 1. The predicted octanol–water partition coefficient (Wildman–Crippen LogP) is 3.56. The highest BCUT2D eigenvalue weighted by Gasteiger charge is 2.01. The van der Waals surface area contributed by atoms with Gasteiger partial charge >= 0.3 is 0 Å². The highest BCUT2D eigenvalue weighted by atomic mass is 32.2. The van der Waals surface area contributed by atoms with Crippen molar-refractivity contribution in [2.24, 2.45) is 0 Å². The first-order valence-corrected chi connectivity index (χ1v) is 5.45. The topological polar surface area (TPSA) is 17.1 Å². The summed E-state index contributed by atoms with van der Waals surface area (Å²) in [6.45, 7) is 7.75. The summed E-state index contributed by atoms with van der Waals surface area (Å²) >= 11 is 1.79. The lowest BCUT2D eigenvalue weighted by molar-refractivity contribution is 0.104. The van der Waals surface area contributed by atoms with E-state index in [2.05, 4.69) is 20.4 Å². The lowest BCUT2D eigenvalue weighted by Gasteiger charge is -2.04. The fraction of sp³-hybridized carbons (Fsp3) is 0.250. The van der Waals surface area contributed by atoms with Gasteiger partial charge in [0.05, 0.1) is 0 Å². The van der Waals surface area contributed by atoms with Gasteiger partial charge in [-0.05, 0) is 30.3 Å². The number of benzene rings is 1. The van der Waals surface area contributed by atoms with Crippen molar-refractivity contribution < 1.29 is 4.79 Å². The molecule has 0 saturated heterocycles. The second-order valence-electron chi connectivity index (χ2n) is 3.26. The van der Waals surface area contributed by atoms with Gasteiger partial charge in [-0.2, -0.15) is 0 Å². The van der Waals surface area contributed by atoms with Crippen molar-refractivity contribution in [2.75, 3.05) is 0 Å². The molecule has 0 spiro atoms. The van der Waals surface area contributed by atoms with Gasteiger partial charge in [0, 0.05) is 15.7 Å². The van der Waals surface area contributed by atoms with E-state index in [0.717, 1.165) is 0 Å². The summed E-state index contributed by atoms with van der Waals surface area (Å²) in [5.74, 6) is -0.0221. The minimum absolute atomic E-state index is 0.0221. The van der Waals surface area contributed by atoms with Gasteiger partial charge in [-0.1, -0.05) is 20.4 Å². The first-order chi connectivity index (χ1) is 6.63. The third kappa shape index (κ3) is 3.04. The zero-order valence-electron chi connectivity index (χ0n) is 8.49. The second kappa shape index (κ2) is 5.01. The molecule has 0 radical (unpaired) electrons. The van der Waals surface area contributed by atoms with Crippen molar-refractivity contribution in [1.29, 1.82) is 0 Å². The van der Waals surface area contributed by atoms with E-state index in [1.54, 1.807) is 11.8 Å². The van der Waals surface area contributed by atoms with Crippen LogP contribution in [0.15, 0.2) is 41.8 Å². The molecule has 0 heterocycles. The lowest BCUT2D eigenvalue weighted by Crippen LogP contribution is -1.93. The minimum Gasteiger partial charge on any atom is -0.289 e. The molecule has 0 saturated carbocycles. The number of allylic oxidation sites excluding steroid dienone is 1. The van der Waals surface area contributed by atoms with Crippen LogP contribution in [-0.2, 0) is 0 Å². The van der Waals surface area contributed by atoms with Crippen LogP contribution in [0.2, 0.25) is 0 Å². The van der Waals surface area contributed by atoms with Gasteiger partial charge in [-0.25, -0.2) is 0 Å². The Bertz CT molecular complexity index is 325. The Balaban J connectivity index is 2.78. The Kier molecular flexibility index (Phi) is 3.96. The van der Waals surface area contributed by atoms with Crippen LogP contribution in [0.1, 0.15) is 24.2 Å². The summed E-state index contributed by atoms with van der Waals surface area (Å²) in [5, 5.41) is 0.566. The Morgan fingerprint density at radius 3 is 2.36 bits per heavy atom. The summed E-state index contributed by atoms with van der Waals surface area (Å²) in [7, 11) is 0. The van der Waals surface area contributed by atoms with E-state index < -0.39 is 0 Å². The molecule has 0 bridgehead atoms. The van der Waals surface area contributed by atoms with Crippen LogP contribution >= 0.6 is 11.8 Å². The van der Waals surface area contributed by atoms with Crippen molar-refractivity contribution >= 4 is 17.5 Å². The summed E-state index contributed by atoms with van der Waals surface area (Å²) in [6.07, 6.45) is 1.34. The van der Waals surface area contributed by atoms with Gasteiger partial charge in [0.2, 0.25) is 0 Å². The SMILES string of the molecule is C=CC(=O)c1ccc(SC(C)C)cc1. The van der Waals surface area contributed by atoms with E-state index >= 15 is 0 Å². The highest BCUT2D eigenvalue weighted by molar-refractivity contribution is 7.99. The van der Waals surface area contributed by atoms with E-state index in [1.165, 1.54) is 11.0 Å². The molecule has 0 aliphatic carbocycles. The molecular formula is C12H14OS. The van der Waals surface area contributed by atoms with Crippen LogP contribution in [0.5, 0.6) is 0 Å². The van der Waals surface area contributed by atoms with E-state index in [0.29, 0.717) is 10.8 Å². The maximum atomic E-state index is 11.2. The van der Waals surface area contributed by atoms with Crippen LogP contribution in [0.3, 0.4) is 0 Å². The molecule has 0 aromatic heterocycles. The molecule has 1 rings (SSSR count). The Morgan fingerprint density at radius 1 is 1.36 bits per heavy atom. The molecule has 1 nitrogen and oxygen atoms in total. The predicted molar refractivity (Wildman–Crippen MR) is 62.0 cm³/mol. The molecule has 74 valence electrons. The van der Waals surface area contributed by atoms with Gasteiger partial charge in [0.15, 0.2) is 5.78 Å². The lowest BCUT2D eigenvalue weighted by atomic mass is 10.1. The Morgan fingerprint density at radius 2 is 1.93 bits per heavy atom. The number of ketones is 1. The van der Waals surface area contributed by atoms with E-state index in [1.807, 2.05) is 24.3 Å². The third-order valence-electron chi connectivity index (χ3n) is 1.70. The molecule has 0 fully saturated rings. The van der Waals surface area contributed by atoms with Gasteiger partial charge in [0.1, 0.15) is 0 Å². The fourth-order valence-electron chi connectivity index (χ4n) is 1.09. The number of thioether (sulfide) groups is 1. The van der Waals surface area contributed by atoms with Gasteiger partial charge in [-0.3, -0.25) is 4.79 Å². The maximum absolute atomic E-state index is 11.2. The van der Waals surface area contributed by atoms with Crippen molar-refractivity contribution in [3.63, 3.8) is 0 Å². The standard InChI is InChI=1S/C12H14OS/c1-4-12(13)10-5-7-11(8-6-10)14-9(2)3/h4-9H,1H2,2-3H3. The molecule has 1 aromatic carbocycles. The Hall–Kier alpha value is -1.02. The molecule has 14 heavy (non-hydrogen) atoms. The summed E-state index contributed by atoms with van der Waals surface area (Å²) < 4.78 is 0. The van der Waals surface area contributed by atoms with E-state index in [9.17, 15) is 4.79 Å². The summed E-state index contributed by atoms with van der Waals surface area (Å²) in [4.78, 5) is 12.4. The number of hydrogen-bond donors (Lipinski definition) is 0. The normalized spacial score (nSPS) is 10.2. The second-order valence-corrected chi connectivity index (χ2v) is 4.91. The van der Waals surface area contributed by atoms with Gasteiger partial charge in [0.25, 0.3) is 0 Å². The number of rotatable bonds is 4. The van der Waals surface area contributed by atoms with Crippen LogP contribution < -0.4 is 0 Å². The van der Waals surface area contributed by atoms with Crippen LogP contribution in [-0.4, -0.2) is 11.0 Å². The molecule has 1 aromatic rings. The first-order valence-electron chi connectivity index (χ1n) is 4.57. The summed E-state index contributed by atoms with van der Waals surface area (Å²) in [5.41, 5.74) is 0.702. The van der Waals surface area contributed by atoms with Crippen molar-refractivity contribution in [2.45, 2.75) is 24.0 Å². The van der Waals surface area contributed by atoms with Crippen molar-refractivity contribution in [1.82, 2.24) is 0 Å². The molecule has 0 unspecified atom stereocenters. The van der Waals surface area contributed by atoms with E-state index in [4.69, 9.17) is 0 Å². The largest absolute Gasteiger partial charge is 0.289 e. The van der Waals surface area contributed by atoms with Crippen molar-refractivity contribution in [3.05, 3.63) is 42.5 Å². The molecule has 0 aliphatic rings. The molecule has 0 atom stereocenters. The number of hydrogen-bond acceptors (Lipinski definition) is 2. The van der Waals surface area contributed by atoms with Crippen LogP contribution in [0, 0.1) is 0 Å². The van der Waals surface area contributed by atoms with Crippen molar-refractivity contribution in [3.8, 4) is 0 Å². The average Bonchev–Trinajstić information content (AvgIpc) is 2.17. The average molecular weight is 206 g/mol. The van der Waals surface area contributed by atoms with Gasteiger partial charge in [-0.15, -0.1) is 11.8 Å². The highest BCUT2D eigenvalue weighted by Crippen LogP contribution is 2.22. The molecule has 0 aliphatic heterocycles. The zero-order chi connectivity index (χ0) is 10.6. The van der Waals surface area contributed by atoms with E-state index in [-0.39, 0.29) is 5.78 Å². The molecule has 0 amide bonds. The zero-order valence-corrected chi connectivity index (χ0v) is 9.30. The molecular weight excluding hydrogens is 192 g/mol. The third-order valence-corrected chi connectivity index (χ3v) is 2.71. The molecule has 2 heteroatoms. The maximum Gasteiger partial charge on any atom is 0.185 e. The van der Waals surface area contributed by atoms with Crippen LogP contribution in [0.25, 0.3) is 0 Å². The Labute approximate surface area is 89.2 Å². The number of carbonyl (C=O) groups is 1. The molecule has 0 N–H and O–H groups in total. The smallest absolute Gasteiger partial charge is 0.185 e. The quantitative estimate of drug-likeness (QED) is 0.425. The minimum atomic E-state index is -0.0221. The summed E-state index contributed by atoms with van der Waals surface area (Å²) in [6, 6.07) is 7.63. The first kappa shape index (κ1) is 11.1. The monoisotopic (exact) mass is 206 g/mol. The fourth-order valence-corrected chi connectivity index (χ4v) is 1.93. The van der Waals surface area contributed by atoms with Gasteiger partial charge < -0.3 is 0 Å². The van der Waals surface area contributed by atoms with Crippen LogP contribution in [0.4, 0.5) is 0 Å².